The molecule has 1 atom stereocenters. The first-order valence-electron chi connectivity index (χ1n) is 5.89. The molecule has 1 fully saturated rings. The Morgan fingerprint density at radius 2 is 2.00 bits per heavy atom. The van der Waals surface area contributed by atoms with Crippen molar-refractivity contribution in [2.24, 2.45) is 0 Å². The Bertz CT molecular complexity index is 459. The smallest absolute Gasteiger partial charge is 0.198 e. The van der Waals surface area contributed by atoms with Gasteiger partial charge in [0.15, 0.2) is 17.3 Å². The van der Waals surface area contributed by atoms with Crippen LogP contribution in [0.15, 0.2) is 6.07 Å². The summed E-state index contributed by atoms with van der Waals surface area (Å²) in [6.07, 6.45) is 2.02. The van der Waals surface area contributed by atoms with Crippen LogP contribution in [0.5, 0.6) is 11.5 Å². The molecule has 1 heterocycles. The summed E-state index contributed by atoms with van der Waals surface area (Å²) in [6, 6.07) is 1.62. The van der Waals surface area contributed by atoms with Crippen molar-refractivity contribution in [2.45, 2.75) is 25.3 Å². The van der Waals surface area contributed by atoms with E-state index in [1.165, 1.54) is 14.2 Å². The molecule has 0 radical (unpaired) electrons. The van der Waals surface area contributed by atoms with E-state index in [-0.39, 0.29) is 16.3 Å². The lowest BCUT2D eigenvalue weighted by atomic mass is 9.89. The van der Waals surface area contributed by atoms with Gasteiger partial charge in [-0.2, -0.15) is 0 Å². The van der Waals surface area contributed by atoms with Gasteiger partial charge in [-0.3, -0.25) is 0 Å². The van der Waals surface area contributed by atoms with Gasteiger partial charge in [0.1, 0.15) is 0 Å². The molecule has 0 aromatic heterocycles. The van der Waals surface area contributed by atoms with Crippen molar-refractivity contribution in [3.63, 3.8) is 0 Å². The minimum atomic E-state index is -0.582. The van der Waals surface area contributed by atoms with Crippen molar-refractivity contribution >= 4 is 11.6 Å². The van der Waals surface area contributed by atoms with Gasteiger partial charge in [-0.05, 0) is 32.4 Å². The monoisotopic (exact) mass is 273 g/mol. The number of benzene rings is 1. The maximum absolute atomic E-state index is 13.9. The SMILES string of the molecule is COc1c(C2(C)CCCN2)cc(Cl)c(F)c1OC. The Morgan fingerprint density at radius 3 is 2.50 bits per heavy atom. The van der Waals surface area contributed by atoms with Crippen LogP contribution in [-0.4, -0.2) is 20.8 Å². The van der Waals surface area contributed by atoms with Crippen molar-refractivity contribution in [3.8, 4) is 11.5 Å². The molecule has 1 saturated heterocycles. The van der Waals surface area contributed by atoms with E-state index in [1.54, 1.807) is 6.07 Å². The van der Waals surface area contributed by atoms with Gasteiger partial charge in [-0.1, -0.05) is 11.6 Å². The Kier molecular flexibility index (Phi) is 3.69. The predicted octanol–water partition coefficient (Wildman–Crippen LogP) is 3.09. The summed E-state index contributed by atoms with van der Waals surface area (Å²) in [5.74, 6) is -0.104. The second-order valence-electron chi connectivity index (χ2n) is 4.65. The molecule has 3 nitrogen and oxygen atoms in total. The van der Waals surface area contributed by atoms with E-state index in [0.29, 0.717) is 5.75 Å². The molecule has 5 heteroatoms. The fourth-order valence-electron chi connectivity index (χ4n) is 2.51. The van der Waals surface area contributed by atoms with Crippen LogP contribution >= 0.6 is 11.6 Å². The number of ether oxygens (including phenoxy) is 2. The zero-order chi connectivity index (χ0) is 13.3. The van der Waals surface area contributed by atoms with Crippen LogP contribution in [0.3, 0.4) is 0 Å². The van der Waals surface area contributed by atoms with E-state index in [0.717, 1.165) is 24.9 Å². The standard InChI is InChI=1S/C13H17ClFNO2/c1-13(5-4-6-16-13)8-7-9(14)10(15)12(18-3)11(8)17-2/h7,16H,4-6H2,1-3H3. The van der Waals surface area contributed by atoms with Crippen LogP contribution in [0.25, 0.3) is 0 Å². The lowest BCUT2D eigenvalue weighted by molar-refractivity contribution is 0.320. The summed E-state index contributed by atoms with van der Waals surface area (Å²) in [6.45, 7) is 2.99. The second kappa shape index (κ2) is 4.94. The molecule has 0 spiro atoms. The lowest BCUT2D eigenvalue weighted by Crippen LogP contribution is -2.33. The fourth-order valence-corrected chi connectivity index (χ4v) is 2.70. The zero-order valence-electron chi connectivity index (χ0n) is 10.8. The highest BCUT2D eigenvalue weighted by molar-refractivity contribution is 6.31. The van der Waals surface area contributed by atoms with Crippen LogP contribution in [0, 0.1) is 5.82 Å². The van der Waals surface area contributed by atoms with Crippen molar-refractivity contribution in [2.75, 3.05) is 20.8 Å². The minimum Gasteiger partial charge on any atom is -0.492 e. The Labute approximate surface area is 111 Å². The molecule has 0 aliphatic carbocycles. The second-order valence-corrected chi connectivity index (χ2v) is 5.06. The van der Waals surface area contributed by atoms with Gasteiger partial charge < -0.3 is 14.8 Å². The summed E-state index contributed by atoms with van der Waals surface area (Å²) < 4.78 is 24.3. The normalized spacial score (nSPS) is 23.2. The Morgan fingerprint density at radius 1 is 1.33 bits per heavy atom. The molecule has 1 N–H and O–H groups in total. The lowest BCUT2D eigenvalue weighted by Gasteiger charge is -2.28. The number of methoxy groups -OCH3 is 2. The number of hydrogen-bond acceptors (Lipinski definition) is 3. The van der Waals surface area contributed by atoms with Crippen LogP contribution in [0.2, 0.25) is 5.02 Å². The summed E-state index contributed by atoms with van der Waals surface area (Å²) in [7, 11) is 2.92. The van der Waals surface area contributed by atoms with Gasteiger partial charge in [-0.25, -0.2) is 4.39 Å². The summed E-state index contributed by atoms with van der Waals surface area (Å²) in [4.78, 5) is 0. The summed E-state index contributed by atoms with van der Waals surface area (Å²) >= 11 is 5.93. The number of hydrogen-bond donors (Lipinski definition) is 1. The van der Waals surface area contributed by atoms with Crippen LogP contribution in [0.4, 0.5) is 4.39 Å². The van der Waals surface area contributed by atoms with Gasteiger partial charge in [0.2, 0.25) is 0 Å². The van der Waals surface area contributed by atoms with Crippen LogP contribution < -0.4 is 14.8 Å². The fraction of sp³-hybridized carbons (Fsp3) is 0.538. The van der Waals surface area contributed by atoms with E-state index < -0.39 is 5.82 Å². The van der Waals surface area contributed by atoms with Gasteiger partial charge in [0.25, 0.3) is 0 Å². The molecule has 1 aliphatic heterocycles. The molecule has 0 amide bonds. The average molecular weight is 274 g/mol. The van der Waals surface area contributed by atoms with Crippen molar-refractivity contribution < 1.29 is 13.9 Å². The van der Waals surface area contributed by atoms with Gasteiger partial charge in [-0.15, -0.1) is 0 Å². The summed E-state index contributed by atoms with van der Waals surface area (Å²) in [5, 5.41) is 3.46. The molecule has 1 unspecified atom stereocenters. The third-order valence-corrected chi connectivity index (χ3v) is 3.78. The first-order valence-corrected chi connectivity index (χ1v) is 6.27. The maximum Gasteiger partial charge on any atom is 0.198 e. The largest absolute Gasteiger partial charge is 0.492 e. The predicted molar refractivity (Wildman–Crippen MR) is 69.1 cm³/mol. The summed E-state index contributed by atoms with van der Waals surface area (Å²) in [5.41, 5.74) is 0.585. The molecular formula is C13H17ClFNO2. The van der Waals surface area contributed by atoms with Crippen LogP contribution in [-0.2, 0) is 5.54 Å². The maximum atomic E-state index is 13.9. The number of halogens is 2. The average Bonchev–Trinajstić information content (AvgIpc) is 2.80. The van der Waals surface area contributed by atoms with E-state index >= 15 is 0 Å². The molecular weight excluding hydrogens is 257 g/mol. The van der Waals surface area contributed by atoms with E-state index in [2.05, 4.69) is 12.2 Å². The van der Waals surface area contributed by atoms with Gasteiger partial charge >= 0.3 is 0 Å². The molecule has 0 bridgehead atoms. The molecule has 1 aromatic rings. The third-order valence-electron chi connectivity index (χ3n) is 3.50. The Hall–Kier alpha value is -1.00. The molecule has 2 rings (SSSR count). The highest BCUT2D eigenvalue weighted by Crippen LogP contribution is 2.45. The third kappa shape index (κ3) is 2.04. The van der Waals surface area contributed by atoms with Crippen molar-refractivity contribution in [3.05, 3.63) is 22.5 Å². The highest BCUT2D eigenvalue weighted by Gasteiger charge is 2.35. The first kappa shape index (κ1) is 13.4. The van der Waals surface area contributed by atoms with Crippen molar-refractivity contribution in [1.29, 1.82) is 0 Å². The van der Waals surface area contributed by atoms with Crippen molar-refractivity contribution in [1.82, 2.24) is 5.32 Å². The highest BCUT2D eigenvalue weighted by atomic mass is 35.5. The quantitative estimate of drug-likeness (QED) is 0.918. The number of rotatable bonds is 3. The number of nitrogens with one attached hydrogen (secondary N) is 1. The molecule has 100 valence electrons. The zero-order valence-corrected chi connectivity index (χ0v) is 11.5. The van der Waals surface area contributed by atoms with E-state index in [4.69, 9.17) is 21.1 Å². The van der Waals surface area contributed by atoms with E-state index in [9.17, 15) is 4.39 Å². The van der Waals surface area contributed by atoms with Crippen LogP contribution in [0.1, 0.15) is 25.3 Å². The Balaban J connectivity index is 2.63. The van der Waals surface area contributed by atoms with Gasteiger partial charge in [0, 0.05) is 11.1 Å². The molecule has 0 saturated carbocycles. The first-order chi connectivity index (χ1) is 8.53. The van der Waals surface area contributed by atoms with E-state index in [1.807, 2.05) is 0 Å². The molecule has 1 aliphatic rings. The minimum absolute atomic E-state index is 0.0533. The molecule has 1 aromatic carbocycles. The topological polar surface area (TPSA) is 30.5 Å². The molecule has 18 heavy (non-hydrogen) atoms. The van der Waals surface area contributed by atoms with Gasteiger partial charge in [0.05, 0.1) is 19.2 Å².